The zero-order valence-corrected chi connectivity index (χ0v) is 20.7. The lowest BCUT2D eigenvalue weighted by Gasteiger charge is -2.21. The van der Waals surface area contributed by atoms with Gasteiger partial charge < -0.3 is 14.6 Å². The number of ether oxygens (including phenoxy) is 2. The first-order valence-corrected chi connectivity index (χ1v) is 13.3. The van der Waals surface area contributed by atoms with Crippen molar-refractivity contribution in [3.8, 4) is 0 Å². The van der Waals surface area contributed by atoms with E-state index in [2.05, 4.69) is 15.9 Å². The molecule has 0 aliphatic rings. The normalized spacial score (nSPS) is 13.2. The van der Waals surface area contributed by atoms with Crippen molar-refractivity contribution >= 4 is 37.5 Å². The minimum absolute atomic E-state index is 0.109. The molecule has 0 fully saturated rings. The molecule has 0 unspecified atom stereocenters. The molecule has 0 heterocycles. The number of halogens is 1. The van der Waals surface area contributed by atoms with Crippen LogP contribution in [-0.2, 0) is 19.3 Å². The summed E-state index contributed by atoms with van der Waals surface area (Å²) in [6, 6.07) is 16.0. The predicted molar refractivity (Wildman–Crippen MR) is 129 cm³/mol. The number of hydrogen-bond acceptors (Lipinski definition) is 6. The van der Waals surface area contributed by atoms with Crippen molar-refractivity contribution in [3.05, 3.63) is 71.3 Å². The lowest BCUT2D eigenvalue weighted by molar-refractivity contribution is 0.0635. The molecule has 0 bridgehead atoms. The van der Waals surface area contributed by atoms with Crippen molar-refractivity contribution in [2.24, 2.45) is 0 Å². The lowest BCUT2D eigenvalue weighted by atomic mass is 9.87. The van der Waals surface area contributed by atoms with Crippen molar-refractivity contribution in [2.45, 2.75) is 30.6 Å². The molecule has 0 radical (unpaired) electrons. The van der Waals surface area contributed by atoms with Gasteiger partial charge in [-0.3, -0.25) is 0 Å². The number of alkyl halides is 1. The number of rotatable bonds is 11. The molecule has 8 heteroatoms. The highest BCUT2D eigenvalue weighted by atomic mass is 79.9. The molecular formula is C24H29BrO6S. The van der Waals surface area contributed by atoms with E-state index in [1.165, 1.54) is 12.1 Å². The number of hydrogen-bond donors (Lipinski definition) is 1. The predicted octanol–water partition coefficient (Wildman–Crippen LogP) is 4.97. The molecule has 0 saturated heterocycles. The molecule has 0 aromatic heterocycles. The molecule has 174 valence electrons. The second kappa shape index (κ2) is 12.8. The Morgan fingerprint density at radius 1 is 1.03 bits per heavy atom. The quantitative estimate of drug-likeness (QED) is 0.253. The largest absolute Gasteiger partial charge is 0.508 e. The number of unbranched alkanes of at least 4 members (excludes halogenated alkanes) is 1. The molecule has 32 heavy (non-hydrogen) atoms. The number of benzene rings is 2. The highest BCUT2D eigenvalue weighted by molar-refractivity contribution is 9.09. The smallest absolute Gasteiger partial charge is 0.434 e. The van der Waals surface area contributed by atoms with Crippen LogP contribution in [0.1, 0.15) is 36.8 Å². The molecule has 0 spiro atoms. The van der Waals surface area contributed by atoms with Gasteiger partial charge in [-0.05, 0) is 47.2 Å². The molecule has 0 amide bonds. The van der Waals surface area contributed by atoms with Gasteiger partial charge in [0.25, 0.3) is 0 Å². The maximum atomic E-state index is 12.1. The first kappa shape index (κ1) is 26.1. The number of carbonyl (C=O) groups excluding carboxylic acids is 1. The zero-order chi connectivity index (χ0) is 23.6. The van der Waals surface area contributed by atoms with Gasteiger partial charge in [0, 0.05) is 17.5 Å². The maximum absolute atomic E-state index is 12.1. The second-order valence-corrected chi connectivity index (χ2v) is 10.2. The molecule has 1 N–H and O–H groups in total. The van der Waals surface area contributed by atoms with Crippen molar-refractivity contribution < 1.29 is 27.8 Å². The Morgan fingerprint density at radius 2 is 1.69 bits per heavy atom. The van der Waals surface area contributed by atoms with Crippen LogP contribution < -0.4 is 0 Å². The molecule has 2 aromatic carbocycles. The third kappa shape index (κ3) is 7.76. The van der Waals surface area contributed by atoms with Crippen LogP contribution >= 0.6 is 15.9 Å². The fourth-order valence-electron chi connectivity index (χ4n) is 3.23. The van der Waals surface area contributed by atoms with E-state index in [-0.39, 0.29) is 30.6 Å². The van der Waals surface area contributed by atoms with Gasteiger partial charge in [-0.1, -0.05) is 65.3 Å². The summed E-state index contributed by atoms with van der Waals surface area (Å²) < 4.78 is 34.1. The first-order valence-electron chi connectivity index (χ1n) is 10.3. The van der Waals surface area contributed by atoms with E-state index >= 15 is 0 Å². The minimum atomic E-state index is -3.35. The van der Waals surface area contributed by atoms with Gasteiger partial charge >= 0.3 is 6.16 Å². The lowest BCUT2D eigenvalue weighted by Crippen LogP contribution is -2.14. The highest BCUT2D eigenvalue weighted by Crippen LogP contribution is 2.31. The first-order chi connectivity index (χ1) is 15.3. The van der Waals surface area contributed by atoms with Crippen LogP contribution in [0.4, 0.5) is 4.79 Å². The fraction of sp³-hybridized carbons (Fsp3) is 0.375. The molecule has 1 atom stereocenters. The van der Waals surface area contributed by atoms with E-state index in [4.69, 9.17) is 9.47 Å². The summed E-state index contributed by atoms with van der Waals surface area (Å²) in [5.74, 6) is -0.149. The Balaban J connectivity index is 2.35. The minimum Gasteiger partial charge on any atom is -0.434 e. The van der Waals surface area contributed by atoms with Crippen LogP contribution in [0.3, 0.4) is 0 Å². The Bertz CT molecular complexity index is 1000. The fourth-order valence-corrected chi connectivity index (χ4v) is 4.25. The number of aliphatic hydroxyl groups is 1. The Kier molecular flexibility index (Phi) is 10.4. The molecule has 0 saturated carbocycles. The standard InChI is InChI=1S/C24H29BrO6S/c1-18(19-8-4-3-5-9-19)22(16-26)23(17-31-24(27)30-15-7-6-14-25)20-10-12-21(13-11-20)32(2,28)29/h3-5,8-13,18,26H,6-7,14-17H2,1-2H3/b23-22-/t18-/m0/s1. The zero-order valence-electron chi connectivity index (χ0n) is 18.3. The summed E-state index contributed by atoms with van der Waals surface area (Å²) >= 11 is 3.33. The maximum Gasteiger partial charge on any atom is 0.508 e. The number of sulfone groups is 1. The van der Waals surface area contributed by atoms with Crippen molar-refractivity contribution in [3.63, 3.8) is 0 Å². The van der Waals surface area contributed by atoms with E-state index in [1.54, 1.807) is 12.1 Å². The van der Waals surface area contributed by atoms with Crippen LogP contribution in [0.5, 0.6) is 0 Å². The highest BCUT2D eigenvalue weighted by Gasteiger charge is 2.19. The second-order valence-electron chi connectivity index (χ2n) is 7.37. The van der Waals surface area contributed by atoms with E-state index in [0.717, 1.165) is 30.0 Å². The van der Waals surface area contributed by atoms with Crippen LogP contribution in [0, 0.1) is 0 Å². The van der Waals surface area contributed by atoms with Crippen LogP contribution in [-0.4, -0.2) is 51.1 Å². The Labute approximate surface area is 198 Å². The van der Waals surface area contributed by atoms with Gasteiger partial charge in [-0.15, -0.1) is 0 Å². The van der Waals surface area contributed by atoms with E-state index in [9.17, 15) is 18.3 Å². The molecule has 6 nitrogen and oxygen atoms in total. The van der Waals surface area contributed by atoms with E-state index in [0.29, 0.717) is 16.7 Å². The summed E-state index contributed by atoms with van der Waals surface area (Å²) in [4.78, 5) is 12.2. The number of aliphatic hydroxyl groups excluding tert-OH is 1. The molecule has 2 rings (SSSR count). The third-order valence-electron chi connectivity index (χ3n) is 5.09. The Hall–Kier alpha value is -2.16. The number of carbonyl (C=O) groups is 1. The van der Waals surface area contributed by atoms with Gasteiger partial charge in [-0.25, -0.2) is 13.2 Å². The molecule has 0 aliphatic carbocycles. The molecule has 2 aromatic rings. The molecule has 0 aliphatic heterocycles. The van der Waals surface area contributed by atoms with Gasteiger partial charge in [0.15, 0.2) is 9.84 Å². The van der Waals surface area contributed by atoms with Gasteiger partial charge in [-0.2, -0.15) is 0 Å². The Morgan fingerprint density at radius 3 is 2.25 bits per heavy atom. The molecular weight excluding hydrogens is 496 g/mol. The topological polar surface area (TPSA) is 89.9 Å². The summed E-state index contributed by atoms with van der Waals surface area (Å²) in [6.07, 6.45) is 1.97. The van der Waals surface area contributed by atoms with Gasteiger partial charge in [0.05, 0.1) is 18.1 Å². The van der Waals surface area contributed by atoms with Crippen molar-refractivity contribution in [1.82, 2.24) is 0 Å². The van der Waals surface area contributed by atoms with E-state index in [1.807, 2.05) is 37.3 Å². The van der Waals surface area contributed by atoms with Crippen molar-refractivity contribution in [2.75, 3.05) is 31.4 Å². The van der Waals surface area contributed by atoms with Crippen LogP contribution in [0.25, 0.3) is 5.57 Å². The average Bonchev–Trinajstić information content (AvgIpc) is 2.79. The SMILES string of the molecule is C[C@H](/C(CO)=C(/COC(=O)OCCCCBr)c1ccc(S(C)(=O)=O)cc1)c1ccccc1. The van der Waals surface area contributed by atoms with Gasteiger partial charge in [0.1, 0.15) is 6.61 Å². The average molecular weight is 525 g/mol. The third-order valence-corrected chi connectivity index (χ3v) is 6.78. The van der Waals surface area contributed by atoms with Gasteiger partial charge in [0.2, 0.25) is 0 Å². The monoisotopic (exact) mass is 524 g/mol. The summed E-state index contributed by atoms with van der Waals surface area (Å²) in [5, 5.41) is 11.0. The summed E-state index contributed by atoms with van der Waals surface area (Å²) in [6.45, 7) is 1.87. The summed E-state index contributed by atoms with van der Waals surface area (Å²) in [5.41, 5.74) is 2.95. The van der Waals surface area contributed by atoms with Crippen LogP contribution in [0.15, 0.2) is 65.1 Å². The van der Waals surface area contributed by atoms with Crippen molar-refractivity contribution in [1.29, 1.82) is 0 Å². The van der Waals surface area contributed by atoms with Crippen LogP contribution in [0.2, 0.25) is 0 Å². The summed E-state index contributed by atoms with van der Waals surface area (Å²) in [7, 11) is -3.35. The van der Waals surface area contributed by atoms with E-state index < -0.39 is 16.0 Å².